The molecule has 2 aromatic carbocycles. The number of carbonyl (C=O) groups excluding carboxylic acids is 1. The molecule has 162 valence electrons. The highest BCUT2D eigenvalue weighted by Gasteiger charge is 2.27. The lowest BCUT2D eigenvalue weighted by Gasteiger charge is -2.35. The van der Waals surface area contributed by atoms with Crippen molar-refractivity contribution in [2.45, 2.75) is 13.3 Å². The van der Waals surface area contributed by atoms with E-state index in [2.05, 4.69) is 10.00 Å². The number of ether oxygens (including phenoxy) is 1. The molecule has 0 saturated carbocycles. The molecular weight excluding hydrogens is 402 g/mol. The fourth-order valence-electron chi connectivity index (χ4n) is 3.52. The Morgan fingerprint density at radius 1 is 0.935 bits per heavy atom. The molecule has 1 fully saturated rings. The van der Waals surface area contributed by atoms with Gasteiger partial charge in [-0.25, -0.2) is 13.5 Å². The summed E-state index contributed by atoms with van der Waals surface area (Å²) in [6.07, 6.45) is 2.45. The van der Waals surface area contributed by atoms with Crippen LogP contribution in [0.15, 0.2) is 54.7 Å². The van der Waals surface area contributed by atoms with Crippen LogP contribution in [0.3, 0.4) is 0 Å². The smallest absolute Gasteiger partial charge is 0.278 e. The van der Waals surface area contributed by atoms with Crippen molar-refractivity contribution in [1.29, 1.82) is 0 Å². The van der Waals surface area contributed by atoms with Crippen LogP contribution in [0.2, 0.25) is 0 Å². The third kappa shape index (κ3) is 4.68. The molecule has 1 aliphatic heterocycles. The first kappa shape index (κ1) is 20.8. The van der Waals surface area contributed by atoms with Crippen molar-refractivity contribution in [1.82, 2.24) is 14.7 Å². The van der Waals surface area contributed by atoms with Crippen LogP contribution in [0.4, 0.5) is 14.5 Å². The van der Waals surface area contributed by atoms with Crippen LogP contribution in [0.25, 0.3) is 5.69 Å². The second-order valence-electron chi connectivity index (χ2n) is 7.37. The summed E-state index contributed by atoms with van der Waals surface area (Å²) in [5, 5.41) is 4.45. The Kier molecular flexibility index (Phi) is 6.16. The molecule has 0 radical (unpaired) electrons. The quantitative estimate of drug-likeness (QED) is 0.600. The van der Waals surface area contributed by atoms with E-state index < -0.39 is 0 Å². The van der Waals surface area contributed by atoms with Gasteiger partial charge in [-0.05, 0) is 55.0 Å². The first-order chi connectivity index (χ1) is 15.0. The second kappa shape index (κ2) is 9.16. The average molecular weight is 426 g/mol. The Labute approximate surface area is 179 Å². The zero-order valence-electron chi connectivity index (χ0n) is 17.3. The van der Waals surface area contributed by atoms with E-state index in [0.717, 1.165) is 12.1 Å². The Morgan fingerprint density at radius 2 is 1.52 bits per heavy atom. The normalized spacial score (nSPS) is 14.0. The molecule has 0 aliphatic carbocycles. The van der Waals surface area contributed by atoms with Gasteiger partial charge < -0.3 is 14.5 Å². The molecule has 0 atom stereocenters. The summed E-state index contributed by atoms with van der Waals surface area (Å²) >= 11 is 0. The summed E-state index contributed by atoms with van der Waals surface area (Å²) in [4.78, 5) is 17.1. The third-order valence-corrected chi connectivity index (χ3v) is 5.19. The maximum absolute atomic E-state index is 13.3. The summed E-state index contributed by atoms with van der Waals surface area (Å²) in [5.41, 5.74) is 1.82. The highest BCUT2D eigenvalue weighted by Crippen LogP contribution is 2.24. The first-order valence-corrected chi connectivity index (χ1v) is 10.3. The minimum atomic E-state index is -0.339. The van der Waals surface area contributed by atoms with Crippen LogP contribution >= 0.6 is 0 Å². The number of nitrogens with zero attached hydrogens (tertiary/aromatic N) is 4. The monoisotopic (exact) mass is 426 g/mol. The number of anilines is 1. The SMILES string of the molecule is CCCOc1cn(-c2ccc(F)cc2)nc1C(=O)N1CCN(c2ccc(F)cc2)CC1. The van der Waals surface area contributed by atoms with E-state index in [1.165, 1.54) is 28.9 Å². The van der Waals surface area contributed by atoms with E-state index in [1.807, 2.05) is 6.92 Å². The lowest BCUT2D eigenvalue weighted by atomic mass is 10.2. The number of hydrogen-bond acceptors (Lipinski definition) is 4. The Morgan fingerprint density at radius 3 is 2.10 bits per heavy atom. The van der Waals surface area contributed by atoms with Crippen molar-refractivity contribution < 1.29 is 18.3 Å². The third-order valence-electron chi connectivity index (χ3n) is 5.19. The van der Waals surface area contributed by atoms with E-state index in [9.17, 15) is 13.6 Å². The summed E-state index contributed by atoms with van der Waals surface area (Å²) in [6, 6.07) is 12.3. The van der Waals surface area contributed by atoms with Gasteiger partial charge in [0, 0.05) is 31.9 Å². The van der Waals surface area contributed by atoms with E-state index in [0.29, 0.717) is 44.2 Å². The Bertz CT molecular complexity index is 1030. The molecule has 0 spiro atoms. The highest BCUT2D eigenvalue weighted by atomic mass is 19.1. The largest absolute Gasteiger partial charge is 0.489 e. The zero-order valence-corrected chi connectivity index (χ0v) is 17.3. The van der Waals surface area contributed by atoms with Gasteiger partial charge in [-0.3, -0.25) is 4.79 Å². The fourth-order valence-corrected chi connectivity index (χ4v) is 3.52. The van der Waals surface area contributed by atoms with Crippen molar-refractivity contribution in [3.8, 4) is 11.4 Å². The molecule has 0 unspecified atom stereocenters. The number of benzene rings is 2. The van der Waals surface area contributed by atoms with Crippen molar-refractivity contribution >= 4 is 11.6 Å². The van der Waals surface area contributed by atoms with Crippen LogP contribution in [0, 0.1) is 11.6 Å². The van der Waals surface area contributed by atoms with E-state index in [1.54, 1.807) is 35.4 Å². The first-order valence-electron chi connectivity index (χ1n) is 10.3. The van der Waals surface area contributed by atoms with Gasteiger partial charge in [-0.2, -0.15) is 5.10 Å². The Balaban J connectivity index is 1.50. The molecule has 2 heterocycles. The number of piperazine rings is 1. The molecule has 8 heteroatoms. The standard InChI is InChI=1S/C23H24F2N4O2/c1-2-15-31-21-16-29(20-9-5-18(25)6-10-20)26-22(21)23(30)28-13-11-27(12-14-28)19-7-3-17(24)4-8-19/h3-10,16H,2,11-15H2,1H3. The number of rotatable bonds is 6. The lowest BCUT2D eigenvalue weighted by Crippen LogP contribution is -2.49. The Hall–Kier alpha value is -3.42. The highest BCUT2D eigenvalue weighted by molar-refractivity contribution is 5.95. The number of carbonyl (C=O) groups is 1. The minimum Gasteiger partial charge on any atom is -0.489 e. The van der Waals surface area contributed by atoms with E-state index in [4.69, 9.17) is 4.74 Å². The van der Waals surface area contributed by atoms with Crippen LogP contribution < -0.4 is 9.64 Å². The second-order valence-corrected chi connectivity index (χ2v) is 7.37. The van der Waals surface area contributed by atoms with Crippen LogP contribution in [-0.2, 0) is 0 Å². The minimum absolute atomic E-state index is 0.203. The maximum Gasteiger partial charge on any atom is 0.278 e. The van der Waals surface area contributed by atoms with Gasteiger partial charge >= 0.3 is 0 Å². The number of halogens is 2. The molecule has 0 bridgehead atoms. The van der Waals surface area contributed by atoms with Crippen molar-refractivity contribution in [2.75, 3.05) is 37.7 Å². The predicted molar refractivity (Wildman–Crippen MR) is 114 cm³/mol. The van der Waals surface area contributed by atoms with Crippen molar-refractivity contribution in [2.24, 2.45) is 0 Å². The molecule has 0 N–H and O–H groups in total. The zero-order chi connectivity index (χ0) is 21.8. The van der Waals surface area contributed by atoms with Crippen molar-refractivity contribution in [3.63, 3.8) is 0 Å². The molecule has 3 aromatic rings. The molecule has 1 aromatic heterocycles. The van der Waals surface area contributed by atoms with Gasteiger partial charge in [0.25, 0.3) is 5.91 Å². The molecule has 4 rings (SSSR count). The molecule has 6 nitrogen and oxygen atoms in total. The van der Waals surface area contributed by atoms with Gasteiger partial charge in [-0.15, -0.1) is 0 Å². The summed E-state index contributed by atoms with van der Waals surface area (Å²) in [6.45, 7) is 4.77. The topological polar surface area (TPSA) is 50.6 Å². The predicted octanol–water partition coefficient (Wildman–Crippen LogP) is 3.90. The number of aromatic nitrogens is 2. The summed E-state index contributed by atoms with van der Waals surface area (Å²) in [7, 11) is 0. The van der Waals surface area contributed by atoms with Crippen LogP contribution in [0.5, 0.6) is 5.75 Å². The van der Waals surface area contributed by atoms with Crippen LogP contribution in [0.1, 0.15) is 23.8 Å². The van der Waals surface area contributed by atoms with E-state index in [-0.39, 0.29) is 23.2 Å². The molecule has 31 heavy (non-hydrogen) atoms. The average Bonchev–Trinajstić information content (AvgIpc) is 3.22. The molecule has 1 aliphatic rings. The summed E-state index contributed by atoms with van der Waals surface area (Å²) < 4.78 is 33.7. The lowest BCUT2D eigenvalue weighted by molar-refractivity contribution is 0.0736. The molecular formula is C23H24F2N4O2. The van der Waals surface area contributed by atoms with Gasteiger partial charge in [-0.1, -0.05) is 6.92 Å². The van der Waals surface area contributed by atoms with Crippen molar-refractivity contribution in [3.05, 3.63) is 72.1 Å². The summed E-state index contributed by atoms with van der Waals surface area (Å²) in [5.74, 6) is -0.398. The van der Waals surface area contributed by atoms with Gasteiger partial charge in [0.2, 0.25) is 0 Å². The maximum atomic E-state index is 13.3. The van der Waals surface area contributed by atoms with Gasteiger partial charge in [0.05, 0.1) is 18.5 Å². The van der Waals surface area contributed by atoms with Crippen LogP contribution in [-0.4, -0.2) is 53.4 Å². The number of hydrogen-bond donors (Lipinski definition) is 0. The van der Waals surface area contributed by atoms with Gasteiger partial charge in [0.15, 0.2) is 11.4 Å². The molecule has 1 saturated heterocycles. The van der Waals surface area contributed by atoms with Gasteiger partial charge in [0.1, 0.15) is 11.6 Å². The molecule has 1 amide bonds. The fraction of sp³-hybridized carbons (Fsp3) is 0.304. The van der Waals surface area contributed by atoms with E-state index >= 15 is 0 Å². The number of amides is 1.